The van der Waals surface area contributed by atoms with Gasteiger partial charge in [0.15, 0.2) is 6.61 Å². The summed E-state index contributed by atoms with van der Waals surface area (Å²) < 4.78 is 5.01. The summed E-state index contributed by atoms with van der Waals surface area (Å²) in [5.41, 5.74) is 2.09. The third-order valence-electron chi connectivity index (χ3n) is 3.60. The molecule has 0 saturated heterocycles. The Kier molecular flexibility index (Phi) is 4.74. The van der Waals surface area contributed by atoms with Crippen molar-refractivity contribution in [2.24, 2.45) is 0 Å². The fourth-order valence-corrected chi connectivity index (χ4v) is 2.09. The Balaban J connectivity index is 1.47. The molecule has 3 rings (SSSR count). The molecule has 1 aliphatic rings. The lowest BCUT2D eigenvalue weighted by Gasteiger charge is -2.07. The molecule has 0 unspecified atom stereocenters. The molecule has 2 aromatic rings. The van der Waals surface area contributed by atoms with E-state index < -0.39 is 5.97 Å². The van der Waals surface area contributed by atoms with Crippen LogP contribution < -0.4 is 10.6 Å². The Labute approximate surface area is 140 Å². The Hall–Kier alpha value is -2.89. The van der Waals surface area contributed by atoms with Crippen LogP contribution in [0.25, 0.3) is 0 Å². The van der Waals surface area contributed by atoms with Crippen LogP contribution >= 0.6 is 0 Å². The lowest BCUT2D eigenvalue weighted by atomic mass is 10.2. The summed E-state index contributed by atoms with van der Waals surface area (Å²) in [6, 6.07) is 11.3. The van der Waals surface area contributed by atoms with Crippen molar-refractivity contribution < 1.29 is 14.3 Å². The summed E-state index contributed by atoms with van der Waals surface area (Å²) in [6.45, 7) is 1.63. The molecular weight excluding hydrogens is 306 g/mol. The molecule has 1 amide bonds. The molecule has 1 aromatic heterocycles. The molecule has 0 bridgehead atoms. The zero-order valence-electron chi connectivity index (χ0n) is 13.4. The molecule has 6 heteroatoms. The smallest absolute Gasteiger partial charge is 0.340 e. The Morgan fingerprint density at radius 2 is 1.92 bits per heavy atom. The molecule has 24 heavy (non-hydrogen) atoms. The number of anilines is 2. The van der Waals surface area contributed by atoms with Gasteiger partial charge in [0.25, 0.3) is 5.91 Å². The molecule has 2 N–H and O–H groups in total. The van der Waals surface area contributed by atoms with E-state index in [2.05, 4.69) is 15.6 Å². The van der Waals surface area contributed by atoms with E-state index in [0.29, 0.717) is 17.3 Å². The second-order valence-electron chi connectivity index (χ2n) is 5.84. The molecule has 124 valence electrons. The van der Waals surface area contributed by atoms with Crippen LogP contribution in [0.4, 0.5) is 11.5 Å². The maximum Gasteiger partial charge on any atom is 0.340 e. The van der Waals surface area contributed by atoms with Gasteiger partial charge in [0.1, 0.15) is 5.82 Å². The average Bonchev–Trinajstić information content (AvgIpc) is 3.39. The highest BCUT2D eigenvalue weighted by Crippen LogP contribution is 2.23. The molecule has 0 radical (unpaired) electrons. The van der Waals surface area contributed by atoms with Gasteiger partial charge in [-0.3, -0.25) is 4.79 Å². The monoisotopic (exact) mass is 325 g/mol. The zero-order valence-corrected chi connectivity index (χ0v) is 13.4. The van der Waals surface area contributed by atoms with Gasteiger partial charge in [0.05, 0.1) is 5.56 Å². The van der Waals surface area contributed by atoms with Crippen molar-refractivity contribution in [3.8, 4) is 0 Å². The minimum Gasteiger partial charge on any atom is -0.452 e. The quantitative estimate of drug-likeness (QED) is 0.798. The molecule has 1 aliphatic carbocycles. The maximum absolute atomic E-state index is 11.9. The Morgan fingerprint density at radius 3 is 2.54 bits per heavy atom. The number of amides is 1. The van der Waals surface area contributed by atoms with Gasteiger partial charge in [-0.1, -0.05) is 17.7 Å². The first-order chi connectivity index (χ1) is 11.6. The van der Waals surface area contributed by atoms with Crippen LogP contribution in [0.5, 0.6) is 0 Å². The largest absolute Gasteiger partial charge is 0.452 e. The molecule has 0 spiro atoms. The van der Waals surface area contributed by atoms with E-state index in [1.807, 2.05) is 19.1 Å². The zero-order chi connectivity index (χ0) is 16.9. The Morgan fingerprint density at radius 1 is 1.17 bits per heavy atom. The van der Waals surface area contributed by atoms with Crippen molar-refractivity contribution in [3.63, 3.8) is 0 Å². The van der Waals surface area contributed by atoms with Crippen LogP contribution in [-0.2, 0) is 9.53 Å². The number of hydrogen-bond acceptors (Lipinski definition) is 5. The lowest BCUT2D eigenvalue weighted by molar-refractivity contribution is -0.119. The predicted molar refractivity (Wildman–Crippen MR) is 91.0 cm³/mol. The minimum absolute atomic E-state index is 0.319. The first-order valence-electron chi connectivity index (χ1n) is 7.86. The number of carbonyl (C=O) groups is 2. The minimum atomic E-state index is -0.570. The standard InChI is InChI=1S/C18H19N3O3/c1-12-2-5-15(6-3-12)21-17(22)11-24-18(23)13-4-9-16(19-10-13)20-14-7-8-14/h2-6,9-10,14H,7-8,11H2,1H3,(H,19,20)(H,21,22). The fourth-order valence-electron chi connectivity index (χ4n) is 2.09. The number of pyridine rings is 1. The van der Waals surface area contributed by atoms with Crippen LogP contribution in [-0.4, -0.2) is 29.5 Å². The lowest BCUT2D eigenvalue weighted by Crippen LogP contribution is -2.21. The number of nitrogens with zero attached hydrogens (tertiary/aromatic N) is 1. The molecule has 0 atom stereocenters. The van der Waals surface area contributed by atoms with E-state index in [0.717, 1.165) is 24.2 Å². The maximum atomic E-state index is 11.9. The third kappa shape index (κ3) is 4.55. The van der Waals surface area contributed by atoms with Crippen LogP contribution in [0, 0.1) is 6.92 Å². The number of esters is 1. The first kappa shape index (κ1) is 16.0. The van der Waals surface area contributed by atoms with Crippen molar-refractivity contribution in [1.82, 2.24) is 4.98 Å². The first-order valence-corrected chi connectivity index (χ1v) is 7.86. The number of aromatic nitrogens is 1. The van der Waals surface area contributed by atoms with Crippen molar-refractivity contribution in [2.75, 3.05) is 17.2 Å². The van der Waals surface area contributed by atoms with Crippen LogP contribution in [0.15, 0.2) is 42.6 Å². The molecule has 6 nitrogen and oxygen atoms in total. The van der Waals surface area contributed by atoms with Crippen molar-refractivity contribution in [2.45, 2.75) is 25.8 Å². The van der Waals surface area contributed by atoms with Gasteiger partial charge < -0.3 is 15.4 Å². The summed E-state index contributed by atoms with van der Waals surface area (Å²) in [4.78, 5) is 27.9. The summed E-state index contributed by atoms with van der Waals surface area (Å²) >= 11 is 0. The normalized spacial score (nSPS) is 13.2. The van der Waals surface area contributed by atoms with E-state index >= 15 is 0 Å². The topological polar surface area (TPSA) is 80.3 Å². The highest BCUT2D eigenvalue weighted by atomic mass is 16.5. The predicted octanol–water partition coefficient (Wildman–Crippen LogP) is 2.76. The second kappa shape index (κ2) is 7.12. The van der Waals surface area contributed by atoms with E-state index in [1.165, 1.54) is 6.20 Å². The van der Waals surface area contributed by atoms with Gasteiger partial charge in [0, 0.05) is 17.9 Å². The van der Waals surface area contributed by atoms with Gasteiger partial charge >= 0.3 is 5.97 Å². The van der Waals surface area contributed by atoms with Crippen molar-refractivity contribution in [3.05, 3.63) is 53.7 Å². The van der Waals surface area contributed by atoms with E-state index in [4.69, 9.17) is 4.74 Å². The number of nitrogens with one attached hydrogen (secondary N) is 2. The molecule has 0 aliphatic heterocycles. The van der Waals surface area contributed by atoms with E-state index in [9.17, 15) is 9.59 Å². The van der Waals surface area contributed by atoms with Crippen LogP contribution in [0.3, 0.4) is 0 Å². The van der Waals surface area contributed by atoms with E-state index in [-0.39, 0.29) is 12.5 Å². The molecule has 1 fully saturated rings. The number of carbonyl (C=O) groups excluding carboxylic acids is 2. The van der Waals surface area contributed by atoms with Gasteiger partial charge in [-0.05, 0) is 44.0 Å². The highest BCUT2D eigenvalue weighted by Gasteiger charge is 2.21. The number of rotatable bonds is 6. The highest BCUT2D eigenvalue weighted by molar-refractivity contribution is 5.95. The van der Waals surface area contributed by atoms with Crippen molar-refractivity contribution in [1.29, 1.82) is 0 Å². The molecule has 1 heterocycles. The van der Waals surface area contributed by atoms with Gasteiger partial charge in [-0.25, -0.2) is 9.78 Å². The number of benzene rings is 1. The van der Waals surface area contributed by atoms with Gasteiger partial charge in [-0.2, -0.15) is 0 Å². The number of aryl methyl sites for hydroxylation is 1. The Bertz CT molecular complexity index is 722. The van der Waals surface area contributed by atoms with Gasteiger partial charge in [0.2, 0.25) is 0 Å². The van der Waals surface area contributed by atoms with Gasteiger partial charge in [-0.15, -0.1) is 0 Å². The average molecular weight is 325 g/mol. The summed E-state index contributed by atoms with van der Waals surface area (Å²) in [5, 5.41) is 5.91. The fraction of sp³-hybridized carbons (Fsp3) is 0.278. The summed E-state index contributed by atoms with van der Waals surface area (Å²) in [6.07, 6.45) is 3.76. The molecule has 1 saturated carbocycles. The number of ether oxygens (including phenoxy) is 1. The second-order valence-corrected chi connectivity index (χ2v) is 5.84. The molecular formula is C18H19N3O3. The SMILES string of the molecule is Cc1ccc(NC(=O)COC(=O)c2ccc(NC3CC3)nc2)cc1. The third-order valence-corrected chi connectivity index (χ3v) is 3.60. The van der Waals surface area contributed by atoms with Crippen molar-refractivity contribution >= 4 is 23.4 Å². The van der Waals surface area contributed by atoms with E-state index in [1.54, 1.807) is 24.3 Å². The van der Waals surface area contributed by atoms with Crippen LogP contribution in [0.1, 0.15) is 28.8 Å². The summed E-state index contributed by atoms with van der Waals surface area (Å²) in [7, 11) is 0. The molecule has 1 aromatic carbocycles. The van der Waals surface area contributed by atoms with Crippen LogP contribution in [0.2, 0.25) is 0 Å². The number of hydrogen-bond donors (Lipinski definition) is 2. The summed E-state index contributed by atoms with van der Waals surface area (Å²) in [5.74, 6) is -0.210.